The summed E-state index contributed by atoms with van der Waals surface area (Å²) in [6, 6.07) is 6.06. The summed E-state index contributed by atoms with van der Waals surface area (Å²) in [4.78, 5) is 8.42. The molecule has 1 N–H and O–H groups in total. The molecule has 2 heterocycles. The normalized spacial score (nSPS) is 11.4. The van der Waals surface area contributed by atoms with Crippen molar-refractivity contribution in [3.05, 3.63) is 59.1 Å². The van der Waals surface area contributed by atoms with Crippen LogP contribution in [0.5, 0.6) is 5.75 Å². The summed E-state index contributed by atoms with van der Waals surface area (Å²) in [6.45, 7) is 6.71. The second-order valence-electron chi connectivity index (χ2n) is 5.93. The van der Waals surface area contributed by atoms with E-state index in [2.05, 4.69) is 26.6 Å². The number of hydrogen-bond acceptors (Lipinski definition) is 6. The fraction of sp³-hybridized carbons (Fsp3) is 0.278. The molecule has 0 aliphatic heterocycles. The monoisotopic (exact) mass is 355 g/mol. The lowest BCUT2D eigenvalue weighted by Crippen LogP contribution is -2.09. The lowest BCUT2D eigenvalue weighted by Gasteiger charge is -2.15. The lowest BCUT2D eigenvalue weighted by molar-refractivity contribution is 0.239. The van der Waals surface area contributed by atoms with E-state index >= 15 is 0 Å². The molecule has 1 aromatic carbocycles. The Morgan fingerprint density at radius 1 is 1.40 bits per heavy atom. The van der Waals surface area contributed by atoms with Crippen LogP contribution < -0.4 is 10.2 Å². The number of nitrogens with one attached hydrogen (secondary N) is 1. The minimum atomic E-state index is 0.121. The van der Waals surface area contributed by atoms with Crippen LogP contribution >= 0.6 is 11.3 Å². The minimum Gasteiger partial charge on any atom is -0.491 e. The number of thiazole rings is 1. The summed E-state index contributed by atoms with van der Waals surface area (Å²) >= 11 is 1.53. The number of hydrogen-bond donors (Lipinski definition) is 1. The van der Waals surface area contributed by atoms with Crippen LogP contribution in [0.1, 0.15) is 30.7 Å². The number of aryl methyl sites for hydroxylation is 1. The zero-order valence-corrected chi connectivity index (χ0v) is 15.3. The molecule has 0 unspecified atom stereocenters. The van der Waals surface area contributed by atoms with Gasteiger partial charge in [0.25, 0.3) is 0 Å². The molecular weight excluding hydrogens is 334 g/mol. The average molecular weight is 355 g/mol. The Hall–Kier alpha value is -2.67. The van der Waals surface area contributed by atoms with Gasteiger partial charge in [0, 0.05) is 23.3 Å². The lowest BCUT2D eigenvalue weighted by atomic mass is 10.1. The number of imidazole rings is 1. The molecule has 0 bridgehead atoms. The van der Waals surface area contributed by atoms with Gasteiger partial charge in [0.1, 0.15) is 5.75 Å². The number of benzene rings is 1. The summed E-state index contributed by atoms with van der Waals surface area (Å²) in [6.07, 6.45) is 7.41. The van der Waals surface area contributed by atoms with E-state index in [1.807, 2.05) is 49.0 Å². The van der Waals surface area contributed by atoms with Crippen LogP contribution in [0.25, 0.3) is 0 Å². The van der Waals surface area contributed by atoms with Gasteiger partial charge in [-0.15, -0.1) is 11.3 Å². The van der Waals surface area contributed by atoms with Crippen molar-refractivity contribution >= 4 is 22.7 Å². The molecular formula is C18H21N5OS. The zero-order valence-electron chi connectivity index (χ0n) is 14.5. The summed E-state index contributed by atoms with van der Waals surface area (Å²) in [5.41, 5.74) is 6.02. The van der Waals surface area contributed by atoms with Crippen molar-refractivity contribution in [2.75, 3.05) is 5.43 Å². The summed E-state index contributed by atoms with van der Waals surface area (Å²) < 4.78 is 7.94. The molecule has 0 radical (unpaired) electrons. The third-order valence-corrected chi connectivity index (χ3v) is 4.22. The largest absolute Gasteiger partial charge is 0.491 e. The Labute approximate surface area is 151 Å². The maximum absolute atomic E-state index is 5.92. The number of ether oxygens (including phenoxy) is 1. The summed E-state index contributed by atoms with van der Waals surface area (Å²) in [5.74, 6) is 0.879. The van der Waals surface area contributed by atoms with E-state index in [-0.39, 0.29) is 6.10 Å². The van der Waals surface area contributed by atoms with Crippen molar-refractivity contribution in [3.8, 4) is 5.75 Å². The molecule has 25 heavy (non-hydrogen) atoms. The number of hydrazone groups is 1. The van der Waals surface area contributed by atoms with Crippen molar-refractivity contribution in [2.24, 2.45) is 5.10 Å². The topological polar surface area (TPSA) is 64.3 Å². The van der Waals surface area contributed by atoms with Crippen molar-refractivity contribution in [3.63, 3.8) is 0 Å². The third-order valence-electron chi connectivity index (χ3n) is 3.35. The Bertz CT molecular complexity index is 839. The number of aromatic nitrogens is 3. The van der Waals surface area contributed by atoms with Gasteiger partial charge in [-0.05, 0) is 44.5 Å². The fourth-order valence-corrected chi connectivity index (χ4v) is 2.95. The van der Waals surface area contributed by atoms with E-state index in [9.17, 15) is 0 Å². The Balaban J connectivity index is 1.77. The molecule has 3 rings (SSSR count). The van der Waals surface area contributed by atoms with Crippen LogP contribution in [0.15, 0.2) is 47.4 Å². The highest BCUT2D eigenvalue weighted by Gasteiger charge is 2.07. The first-order valence-electron chi connectivity index (χ1n) is 8.06. The van der Waals surface area contributed by atoms with Crippen molar-refractivity contribution in [2.45, 2.75) is 33.4 Å². The molecule has 0 spiro atoms. The quantitative estimate of drug-likeness (QED) is 0.515. The predicted octanol–water partition coefficient (Wildman–Crippen LogP) is 3.93. The second kappa shape index (κ2) is 7.94. The molecule has 0 fully saturated rings. The second-order valence-corrected chi connectivity index (χ2v) is 6.79. The molecule has 2 aromatic heterocycles. The Morgan fingerprint density at radius 3 is 2.96 bits per heavy atom. The SMILES string of the molecule is Cc1csc(NN=Cc2ccc(OC(C)C)c(Cn3ccnc3)c2)n1. The molecule has 0 amide bonds. The highest BCUT2D eigenvalue weighted by molar-refractivity contribution is 7.13. The first-order chi connectivity index (χ1) is 12.1. The van der Waals surface area contributed by atoms with E-state index in [1.165, 1.54) is 11.3 Å². The molecule has 3 aromatic rings. The number of anilines is 1. The first kappa shape index (κ1) is 17.2. The molecule has 0 atom stereocenters. The molecule has 130 valence electrons. The fourth-order valence-electron chi connectivity index (χ4n) is 2.32. The van der Waals surface area contributed by atoms with E-state index in [0.717, 1.165) is 27.7 Å². The Morgan fingerprint density at radius 2 is 2.28 bits per heavy atom. The van der Waals surface area contributed by atoms with Gasteiger partial charge < -0.3 is 9.30 Å². The summed E-state index contributed by atoms with van der Waals surface area (Å²) in [7, 11) is 0. The van der Waals surface area contributed by atoms with Crippen LogP contribution in [0.3, 0.4) is 0 Å². The van der Waals surface area contributed by atoms with Crippen LogP contribution in [0.2, 0.25) is 0 Å². The standard InChI is InChI=1S/C18H21N5OS/c1-13(2)24-17-5-4-15(8-16(17)10-23-7-6-19-12-23)9-20-22-18-21-14(3)11-25-18/h4-9,11-13H,10H2,1-3H3,(H,21,22). The van der Waals surface area contributed by atoms with Crippen molar-refractivity contribution in [1.29, 1.82) is 0 Å². The van der Waals surface area contributed by atoms with Crippen molar-refractivity contribution < 1.29 is 4.74 Å². The van der Waals surface area contributed by atoms with E-state index in [0.29, 0.717) is 6.54 Å². The highest BCUT2D eigenvalue weighted by Crippen LogP contribution is 2.22. The smallest absolute Gasteiger partial charge is 0.203 e. The van der Waals surface area contributed by atoms with E-state index in [1.54, 1.807) is 18.7 Å². The van der Waals surface area contributed by atoms with Crippen LogP contribution in [-0.4, -0.2) is 26.9 Å². The molecule has 6 nitrogen and oxygen atoms in total. The predicted molar refractivity (Wildman–Crippen MR) is 102 cm³/mol. The van der Waals surface area contributed by atoms with E-state index in [4.69, 9.17) is 4.74 Å². The van der Waals surface area contributed by atoms with Crippen molar-refractivity contribution in [1.82, 2.24) is 14.5 Å². The van der Waals surface area contributed by atoms with E-state index < -0.39 is 0 Å². The average Bonchev–Trinajstić information content (AvgIpc) is 3.21. The van der Waals surface area contributed by atoms with Gasteiger partial charge in [-0.25, -0.2) is 9.97 Å². The maximum atomic E-state index is 5.92. The zero-order chi connectivity index (χ0) is 17.6. The third kappa shape index (κ3) is 4.90. The van der Waals surface area contributed by atoms with Crippen LogP contribution in [0.4, 0.5) is 5.13 Å². The van der Waals surface area contributed by atoms with Gasteiger partial charge in [-0.1, -0.05) is 0 Å². The maximum Gasteiger partial charge on any atom is 0.203 e. The van der Waals surface area contributed by atoms with Gasteiger partial charge in [-0.2, -0.15) is 5.10 Å². The van der Waals surface area contributed by atoms with Gasteiger partial charge in [0.2, 0.25) is 5.13 Å². The number of rotatable bonds is 7. The molecule has 0 aliphatic carbocycles. The molecule has 0 saturated heterocycles. The summed E-state index contributed by atoms with van der Waals surface area (Å²) in [5, 5.41) is 7.04. The van der Waals surface area contributed by atoms with Gasteiger partial charge >= 0.3 is 0 Å². The minimum absolute atomic E-state index is 0.121. The van der Waals surface area contributed by atoms with Gasteiger partial charge in [0.05, 0.1) is 30.9 Å². The highest BCUT2D eigenvalue weighted by atomic mass is 32.1. The molecule has 7 heteroatoms. The molecule has 0 aliphatic rings. The van der Waals surface area contributed by atoms with Gasteiger partial charge in [-0.3, -0.25) is 5.43 Å². The first-order valence-corrected chi connectivity index (χ1v) is 8.94. The van der Waals surface area contributed by atoms with Gasteiger partial charge in [0.15, 0.2) is 0 Å². The van der Waals surface area contributed by atoms with Crippen LogP contribution in [0, 0.1) is 6.92 Å². The Kier molecular flexibility index (Phi) is 5.45. The number of nitrogens with zero attached hydrogens (tertiary/aromatic N) is 4. The molecule has 0 saturated carbocycles. The van der Waals surface area contributed by atoms with Crippen LogP contribution in [-0.2, 0) is 6.54 Å².